The Kier molecular flexibility index (Phi) is 3.54. The van der Waals surface area contributed by atoms with Crippen molar-refractivity contribution in [1.82, 2.24) is 0 Å². The maximum Gasteiger partial charge on any atom is 0.335 e. The van der Waals surface area contributed by atoms with Crippen molar-refractivity contribution in [2.75, 3.05) is 11.5 Å². The van der Waals surface area contributed by atoms with Gasteiger partial charge in [-0.3, -0.25) is 4.21 Å². The van der Waals surface area contributed by atoms with Crippen molar-refractivity contribution in [1.29, 1.82) is 0 Å². The number of hydrogen-bond donors (Lipinski definition) is 1. The van der Waals surface area contributed by atoms with E-state index in [0.717, 1.165) is 0 Å². The van der Waals surface area contributed by atoms with Crippen LogP contribution in [0.25, 0.3) is 0 Å². The standard InChI is InChI=1S/C11H12O5S2/c12-11(13)8-2-1-3-9(6-8)17(14)10-4-5-18(15,16)7-10/h1-3,6,10H,4-5,7H2,(H,12,13). The molecule has 2 atom stereocenters. The van der Waals surface area contributed by atoms with Gasteiger partial charge in [0.1, 0.15) is 0 Å². The van der Waals surface area contributed by atoms with E-state index in [1.807, 2.05) is 0 Å². The predicted molar refractivity (Wildman–Crippen MR) is 66.9 cm³/mol. The molecule has 1 aromatic rings. The Morgan fingerprint density at radius 3 is 2.67 bits per heavy atom. The summed E-state index contributed by atoms with van der Waals surface area (Å²) in [4.78, 5) is 11.2. The van der Waals surface area contributed by atoms with Gasteiger partial charge >= 0.3 is 5.97 Å². The number of carboxylic acid groups (broad SMARTS) is 1. The van der Waals surface area contributed by atoms with E-state index in [2.05, 4.69) is 0 Å². The zero-order chi connectivity index (χ0) is 13.3. The molecule has 5 nitrogen and oxygen atoms in total. The molecule has 0 radical (unpaired) electrons. The summed E-state index contributed by atoms with van der Waals surface area (Å²) in [6, 6.07) is 5.82. The summed E-state index contributed by atoms with van der Waals surface area (Å²) in [5.41, 5.74) is 0.0571. The van der Waals surface area contributed by atoms with Crippen LogP contribution in [-0.4, -0.2) is 40.5 Å². The van der Waals surface area contributed by atoms with E-state index >= 15 is 0 Å². The minimum Gasteiger partial charge on any atom is -0.478 e. The molecule has 1 heterocycles. The van der Waals surface area contributed by atoms with Gasteiger partial charge in [0, 0.05) is 4.90 Å². The summed E-state index contributed by atoms with van der Waals surface area (Å²) >= 11 is 0. The Labute approximate surface area is 107 Å². The largest absolute Gasteiger partial charge is 0.478 e. The molecule has 0 aromatic heterocycles. The smallest absolute Gasteiger partial charge is 0.335 e. The third-order valence-electron chi connectivity index (χ3n) is 2.81. The van der Waals surface area contributed by atoms with Crippen LogP contribution >= 0.6 is 0 Å². The second-order valence-electron chi connectivity index (χ2n) is 4.16. The minimum atomic E-state index is -3.08. The topological polar surface area (TPSA) is 88.5 Å². The zero-order valence-corrected chi connectivity index (χ0v) is 11.0. The highest BCUT2D eigenvalue weighted by Crippen LogP contribution is 2.22. The highest BCUT2D eigenvalue weighted by molar-refractivity contribution is 7.94. The summed E-state index contributed by atoms with van der Waals surface area (Å²) in [6.07, 6.45) is 0.367. The fourth-order valence-corrected chi connectivity index (χ4v) is 5.86. The van der Waals surface area contributed by atoms with E-state index in [4.69, 9.17) is 5.11 Å². The van der Waals surface area contributed by atoms with Gasteiger partial charge in [0.05, 0.1) is 33.1 Å². The van der Waals surface area contributed by atoms with E-state index < -0.39 is 31.9 Å². The Morgan fingerprint density at radius 1 is 1.39 bits per heavy atom. The fourth-order valence-electron chi connectivity index (χ4n) is 1.88. The van der Waals surface area contributed by atoms with Gasteiger partial charge in [0.25, 0.3) is 0 Å². The molecule has 0 spiro atoms. The summed E-state index contributed by atoms with van der Waals surface area (Å²) in [6.45, 7) is 0. The van der Waals surface area contributed by atoms with Gasteiger partial charge in [-0.15, -0.1) is 0 Å². The van der Waals surface area contributed by atoms with Crippen LogP contribution in [0.5, 0.6) is 0 Å². The molecule has 18 heavy (non-hydrogen) atoms. The van der Waals surface area contributed by atoms with Gasteiger partial charge in [0.15, 0.2) is 9.84 Å². The maximum atomic E-state index is 12.2. The van der Waals surface area contributed by atoms with Gasteiger partial charge in [0.2, 0.25) is 0 Å². The lowest BCUT2D eigenvalue weighted by Crippen LogP contribution is -2.17. The van der Waals surface area contributed by atoms with Crippen LogP contribution in [0.1, 0.15) is 16.8 Å². The molecule has 0 aliphatic carbocycles. The monoisotopic (exact) mass is 288 g/mol. The highest BCUT2D eigenvalue weighted by Gasteiger charge is 2.32. The minimum absolute atomic E-state index is 0.0571. The number of carboxylic acids is 1. The normalized spacial score (nSPS) is 23.7. The number of benzene rings is 1. The molecule has 1 N–H and O–H groups in total. The van der Waals surface area contributed by atoms with Gasteiger partial charge < -0.3 is 5.11 Å². The van der Waals surface area contributed by atoms with E-state index in [-0.39, 0.29) is 17.1 Å². The molecule has 2 rings (SSSR count). The number of carbonyl (C=O) groups is 1. The van der Waals surface area contributed by atoms with Crippen LogP contribution in [0, 0.1) is 0 Å². The second kappa shape index (κ2) is 4.81. The van der Waals surface area contributed by atoms with Crippen LogP contribution < -0.4 is 0 Å². The molecule has 0 bridgehead atoms. The molecular formula is C11H12O5S2. The molecule has 1 aliphatic heterocycles. The lowest BCUT2D eigenvalue weighted by molar-refractivity contribution is 0.0696. The van der Waals surface area contributed by atoms with Crippen molar-refractivity contribution in [3.63, 3.8) is 0 Å². The van der Waals surface area contributed by atoms with Crippen molar-refractivity contribution < 1.29 is 22.5 Å². The molecule has 7 heteroatoms. The predicted octanol–water partition coefficient (Wildman–Crippen LogP) is 0.679. The number of hydrogen-bond acceptors (Lipinski definition) is 4. The molecule has 2 unspecified atom stereocenters. The van der Waals surface area contributed by atoms with Crippen molar-refractivity contribution in [3.8, 4) is 0 Å². The van der Waals surface area contributed by atoms with Gasteiger partial charge in [-0.25, -0.2) is 13.2 Å². The average Bonchev–Trinajstić information content (AvgIpc) is 2.69. The fraction of sp³-hybridized carbons (Fsp3) is 0.364. The first-order chi connectivity index (χ1) is 8.39. The number of aromatic carboxylic acids is 1. The molecule has 1 aliphatic rings. The summed E-state index contributed by atoms with van der Waals surface area (Å²) in [5.74, 6) is -1.12. The lowest BCUT2D eigenvalue weighted by Gasteiger charge is -2.08. The molecule has 1 saturated heterocycles. The summed E-state index contributed by atoms with van der Waals surface area (Å²) in [5, 5.41) is 8.41. The number of sulfone groups is 1. The van der Waals surface area contributed by atoms with Crippen LogP contribution in [0.3, 0.4) is 0 Å². The highest BCUT2D eigenvalue weighted by atomic mass is 32.2. The third kappa shape index (κ3) is 2.78. The molecule has 1 aromatic carbocycles. The number of rotatable bonds is 3. The Bertz CT molecular complexity index is 606. The van der Waals surface area contributed by atoms with Crippen molar-refractivity contribution in [3.05, 3.63) is 29.8 Å². The van der Waals surface area contributed by atoms with Crippen molar-refractivity contribution in [2.45, 2.75) is 16.6 Å². The molecule has 0 amide bonds. The Balaban J connectivity index is 2.24. The Morgan fingerprint density at radius 2 is 2.11 bits per heavy atom. The van der Waals surface area contributed by atoms with Crippen LogP contribution in [-0.2, 0) is 20.6 Å². The first-order valence-corrected chi connectivity index (χ1v) is 8.37. The van der Waals surface area contributed by atoms with Crippen molar-refractivity contribution >= 4 is 26.6 Å². The van der Waals surface area contributed by atoms with Crippen molar-refractivity contribution in [2.24, 2.45) is 0 Å². The SMILES string of the molecule is O=C(O)c1cccc(S(=O)C2CCS(=O)(=O)C2)c1. The van der Waals surface area contributed by atoms with Crippen LogP contribution in [0.2, 0.25) is 0 Å². The Hall–Kier alpha value is -1.21. The van der Waals surface area contributed by atoms with Gasteiger partial charge in [-0.05, 0) is 24.6 Å². The summed E-state index contributed by atoms with van der Waals surface area (Å²) in [7, 11) is -4.56. The van der Waals surface area contributed by atoms with E-state index in [0.29, 0.717) is 11.3 Å². The molecule has 0 saturated carbocycles. The van der Waals surface area contributed by atoms with Gasteiger partial charge in [-0.2, -0.15) is 0 Å². The van der Waals surface area contributed by atoms with Crippen LogP contribution in [0.15, 0.2) is 29.2 Å². The quantitative estimate of drug-likeness (QED) is 0.883. The lowest BCUT2D eigenvalue weighted by atomic mass is 10.2. The van der Waals surface area contributed by atoms with E-state index in [9.17, 15) is 17.4 Å². The first kappa shape index (κ1) is 13.2. The zero-order valence-electron chi connectivity index (χ0n) is 9.40. The van der Waals surface area contributed by atoms with E-state index in [1.54, 1.807) is 6.07 Å². The molecule has 98 valence electrons. The second-order valence-corrected chi connectivity index (χ2v) is 8.12. The average molecular weight is 288 g/mol. The molecule has 1 fully saturated rings. The van der Waals surface area contributed by atoms with E-state index in [1.165, 1.54) is 18.2 Å². The van der Waals surface area contributed by atoms with Gasteiger partial charge in [-0.1, -0.05) is 6.07 Å². The maximum absolute atomic E-state index is 12.2. The molecular weight excluding hydrogens is 276 g/mol. The third-order valence-corrected chi connectivity index (χ3v) is 6.51. The van der Waals surface area contributed by atoms with Crippen LogP contribution in [0.4, 0.5) is 0 Å². The summed E-state index contributed by atoms with van der Waals surface area (Å²) < 4.78 is 34.8. The first-order valence-electron chi connectivity index (χ1n) is 5.33.